The van der Waals surface area contributed by atoms with Gasteiger partial charge in [-0.05, 0) is 57.4 Å². The summed E-state index contributed by atoms with van der Waals surface area (Å²) in [6.07, 6.45) is 0. The number of allylic oxidation sites excluding steroid dienone is 2. The fourth-order valence-corrected chi connectivity index (χ4v) is 5.07. The molecule has 3 rings (SSSR count). The maximum Gasteiger partial charge on any atom is 0.267 e. The number of thioether (sulfide) groups is 1. The summed E-state index contributed by atoms with van der Waals surface area (Å²) in [7, 11) is 0. The molecule has 8 heteroatoms. The Hall–Kier alpha value is -2.89. The molecule has 0 radical (unpaired) electrons. The van der Waals surface area contributed by atoms with Gasteiger partial charge in [0.15, 0.2) is 10.9 Å². The number of aromatic nitrogens is 2. The molecule has 0 fully saturated rings. The third-order valence-corrected chi connectivity index (χ3v) is 6.93. The number of carbonyl (C=O) groups is 1. The van der Waals surface area contributed by atoms with Gasteiger partial charge in [-0.15, -0.1) is 11.3 Å². The van der Waals surface area contributed by atoms with Crippen molar-refractivity contribution in [3.8, 4) is 11.8 Å². The van der Waals surface area contributed by atoms with Gasteiger partial charge in [0.25, 0.3) is 5.56 Å². The van der Waals surface area contributed by atoms with Crippen LogP contribution in [-0.4, -0.2) is 21.1 Å². The highest BCUT2D eigenvalue weighted by atomic mass is 32.2. The van der Waals surface area contributed by atoms with Gasteiger partial charge in [0.2, 0.25) is 0 Å². The quantitative estimate of drug-likeness (QED) is 0.278. The number of nitrogens with zero attached hydrogens (tertiary/aromatic N) is 3. The molecule has 2 heterocycles. The minimum atomic E-state index is -0.386. The molecule has 2 N–H and O–H groups in total. The number of hydrogen-bond acceptors (Lipinski definition) is 7. The van der Waals surface area contributed by atoms with E-state index in [0.717, 1.165) is 39.0 Å². The SMILES string of the molecule is C/C(N)=C(/C#N)C(=O)CSc1nc2sc(C)c(C)c2c(=O)n1-c1cc(C)ccc1C. The zero-order valence-electron chi connectivity index (χ0n) is 17.5. The maximum atomic E-state index is 13.5. The number of hydrogen-bond donors (Lipinski definition) is 1. The van der Waals surface area contributed by atoms with E-state index in [9.17, 15) is 14.9 Å². The van der Waals surface area contributed by atoms with Crippen LogP contribution in [0.2, 0.25) is 0 Å². The zero-order chi connectivity index (χ0) is 22.2. The Balaban J connectivity index is 2.22. The van der Waals surface area contributed by atoms with E-state index < -0.39 is 0 Å². The Labute approximate surface area is 183 Å². The molecule has 2 aromatic heterocycles. The number of rotatable bonds is 5. The second-order valence-corrected chi connectivity index (χ2v) is 9.32. The van der Waals surface area contributed by atoms with E-state index >= 15 is 0 Å². The second kappa shape index (κ2) is 8.46. The molecule has 0 saturated heterocycles. The van der Waals surface area contributed by atoms with Gasteiger partial charge in [0.05, 0.1) is 16.8 Å². The lowest BCUT2D eigenvalue weighted by atomic mass is 10.1. The largest absolute Gasteiger partial charge is 0.401 e. The first kappa shape index (κ1) is 21.8. The Bertz CT molecular complexity index is 1310. The zero-order valence-corrected chi connectivity index (χ0v) is 19.1. The normalized spacial score (nSPS) is 12.0. The first-order chi connectivity index (χ1) is 14.1. The van der Waals surface area contributed by atoms with Crippen LogP contribution in [0.5, 0.6) is 0 Å². The summed E-state index contributed by atoms with van der Waals surface area (Å²) in [6, 6.07) is 7.74. The lowest BCUT2D eigenvalue weighted by Crippen LogP contribution is -2.23. The number of benzene rings is 1. The average molecular weight is 439 g/mol. The van der Waals surface area contributed by atoms with Gasteiger partial charge in [-0.1, -0.05) is 23.9 Å². The van der Waals surface area contributed by atoms with E-state index in [1.807, 2.05) is 52.0 Å². The fraction of sp³-hybridized carbons (Fsp3) is 0.273. The Morgan fingerprint density at radius 1 is 1.30 bits per heavy atom. The molecule has 0 amide bonds. The number of aryl methyl sites for hydroxylation is 4. The summed E-state index contributed by atoms with van der Waals surface area (Å²) in [5.41, 5.74) is 9.22. The van der Waals surface area contributed by atoms with E-state index in [4.69, 9.17) is 10.7 Å². The topological polar surface area (TPSA) is 102 Å². The van der Waals surface area contributed by atoms with E-state index in [2.05, 4.69) is 0 Å². The Morgan fingerprint density at radius 3 is 2.63 bits per heavy atom. The van der Waals surface area contributed by atoms with Crippen molar-refractivity contribution in [2.24, 2.45) is 5.73 Å². The summed E-state index contributed by atoms with van der Waals surface area (Å²) in [5, 5.41) is 10.2. The van der Waals surface area contributed by atoms with Crippen LogP contribution in [0.3, 0.4) is 0 Å². The molecule has 0 atom stereocenters. The minimum Gasteiger partial charge on any atom is -0.401 e. The Morgan fingerprint density at radius 2 is 2.00 bits per heavy atom. The van der Waals surface area contributed by atoms with Gasteiger partial charge in [0, 0.05) is 10.6 Å². The van der Waals surface area contributed by atoms with Crippen molar-refractivity contribution in [3.05, 3.63) is 61.4 Å². The van der Waals surface area contributed by atoms with Crippen LogP contribution in [0.4, 0.5) is 0 Å². The van der Waals surface area contributed by atoms with Gasteiger partial charge in [0.1, 0.15) is 16.5 Å². The molecule has 0 aliphatic rings. The van der Waals surface area contributed by atoms with Crippen LogP contribution in [0.1, 0.15) is 28.5 Å². The molecule has 0 spiro atoms. The first-order valence-corrected chi connectivity index (χ1v) is 11.1. The van der Waals surface area contributed by atoms with Crippen LogP contribution in [0.15, 0.2) is 39.4 Å². The van der Waals surface area contributed by atoms with Gasteiger partial charge in [-0.25, -0.2) is 4.98 Å². The number of nitrogens with two attached hydrogens (primary N) is 1. The highest BCUT2D eigenvalue weighted by Crippen LogP contribution is 2.30. The molecule has 1 aromatic carbocycles. The van der Waals surface area contributed by atoms with Crippen molar-refractivity contribution in [1.29, 1.82) is 5.26 Å². The maximum absolute atomic E-state index is 13.5. The first-order valence-electron chi connectivity index (χ1n) is 9.28. The van der Waals surface area contributed by atoms with Crippen molar-refractivity contribution in [3.63, 3.8) is 0 Å². The lowest BCUT2D eigenvalue weighted by Gasteiger charge is -2.15. The van der Waals surface area contributed by atoms with Crippen molar-refractivity contribution in [2.45, 2.75) is 39.8 Å². The summed E-state index contributed by atoms with van der Waals surface area (Å²) in [4.78, 5) is 32.4. The van der Waals surface area contributed by atoms with Crippen LogP contribution in [-0.2, 0) is 4.79 Å². The lowest BCUT2D eigenvalue weighted by molar-refractivity contribution is -0.112. The van der Waals surface area contributed by atoms with E-state index in [1.165, 1.54) is 18.3 Å². The third kappa shape index (κ3) is 3.91. The summed E-state index contributed by atoms with van der Waals surface area (Å²) in [6.45, 7) is 9.31. The van der Waals surface area contributed by atoms with Gasteiger partial charge in [-0.3, -0.25) is 14.2 Å². The van der Waals surface area contributed by atoms with Crippen LogP contribution < -0.4 is 11.3 Å². The van der Waals surface area contributed by atoms with Crippen molar-refractivity contribution < 1.29 is 4.79 Å². The van der Waals surface area contributed by atoms with E-state index in [0.29, 0.717) is 15.4 Å². The summed E-state index contributed by atoms with van der Waals surface area (Å²) in [5.74, 6) is -0.424. The van der Waals surface area contributed by atoms with Gasteiger partial charge < -0.3 is 5.73 Å². The third-order valence-electron chi connectivity index (χ3n) is 4.90. The monoisotopic (exact) mass is 438 g/mol. The van der Waals surface area contributed by atoms with Crippen molar-refractivity contribution >= 4 is 39.1 Å². The second-order valence-electron chi connectivity index (χ2n) is 7.17. The predicted molar refractivity (Wildman–Crippen MR) is 122 cm³/mol. The molecule has 0 saturated carbocycles. The van der Waals surface area contributed by atoms with Gasteiger partial charge in [-0.2, -0.15) is 5.26 Å². The predicted octanol–water partition coefficient (Wildman–Crippen LogP) is 4.10. The number of ketones is 1. The minimum absolute atomic E-state index is 0.0381. The molecule has 0 unspecified atom stereocenters. The standard InChI is InChI=1S/C22H22N4O2S2/c1-11-6-7-12(2)17(8-11)26-21(28)19-13(3)15(5)30-20(19)25-22(26)29-10-18(27)16(9-23)14(4)24/h6-8H,10,24H2,1-5H3/b16-14+. The summed E-state index contributed by atoms with van der Waals surface area (Å²) < 4.78 is 1.58. The molecule has 6 nitrogen and oxygen atoms in total. The molecule has 0 bridgehead atoms. The number of thiophene rings is 1. The number of nitriles is 1. The van der Waals surface area contributed by atoms with E-state index in [-0.39, 0.29) is 28.4 Å². The van der Waals surface area contributed by atoms with Crippen molar-refractivity contribution in [1.82, 2.24) is 9.55 Å². The highest BCUT2D eigenvalue weighted by molar-refractivity contribution is 7.99. The molecule has 3 aromatic rings. The molecule has 154 valence electrons. The number of Topliss-reactive ketones (excluding diaryl/α,β-unsaturated/α-hetero) is 1. The van der Waals surface area contributed by atoms with Crippen LogP contribution in [0.25, 0.3) is 15.9 Å². The molecule has 30 heavy (non-hydrogen) atoms. The highest BCUT2D eigenvalue weighted by Gasteiger charge is 2.21. The van der Waals surface area contributed by atoms with Gasteiger partial charge >= 0.3 is 0 Å². The summed E-state index contributed by atoms with van der Waals surface area (Å²) >= 11 is 2.60. The van der Waals surface area contributed by atoms with E-state index in [1.54, 1.807) is 4.57 Å². The molecular formula is C22H22N4O2S2. The number of carbonyl (C=O) groups excluding carboxylic acids is 1. The van der Waals surface area contributed by atoms with Crippen molar-refractivity contribution in [2.75, 3.05) is 5.75 Å². The smallest absolute Gasteiger partial charge is 0.267 e. The molecular weight excluding hydrogens is 416 g/mol. The molecule has 0 aliphatic carbocycles. The van der Waals surface area contributed by atoms with Crippen LogP contribution in [0, 0.1) is 39.0 Å². The van der Waals surface area contributed by atoms with Crippen LogP contribution >= 0.6 is 23.1 Å². The Kier molecular flexibility index (Phi) is 6.15. The number of fused-ring (bicyclic) bond motifs is 1. The fourth-order valence-electron chi connectivity index (χ4n) is 3.12. The molecule has 0 aliphatic heterocycles. The average Bonchev–Trinajstić information content (AvgIpc) is 2.96.